The van der Waals surface area contributed by atoms with E-state index in [-0.39, 0.29) is 5.69 Å². The molecule has 4 heteroatoms. The lowest BCUT2D eigenvalue weighted by Gasteiger charge is -2.09. The maximum Gasteiger partial charge on any atom is 0.360 e. The Morgan fingerprint density at radius 1 is 1.20 bits per heavy atom. The van der Waals surface area contributed by atoms with Crippen LogP contribution in [0, 0.1) is 0 Å². The molecule has 0 amide bonds. The fourth-order valence-corrected chi connectivity index (χ4v) is 1.98. The van der Waals surface area contributed by atoms with E-state index in [1.165, 1.54) is 19.8 Å². The maximum absolute atomic E-state index is 11.6. The normalized spacial score (nSPS) is 10.2. The van der Waals surface area contributed by atoms with Crippen molar-refractivity contribution in [1.82, 2.24) is 4.98 Å². The number of nitrogens with zero attached hydrogens (tertiary/aromatic N) is 1. The quantitative estimate of drug-likeness (QED) is 0.802. The van der Waals surface area contributed by atoms with Crippen molar-refractivity contribution < 1.29 is 14.3 Å². The molecule has 0 aliphatic carbocycles. The number of esters is 1. The van der Waals surface area contributed by atoms with Crippen LogP contribution in [0.25, 0.3) is 11.1 Å². The molecule has 0 N–H and O–H groups in total. The van der Waals surface area contributed by atoms with Gasteiger partial charge in [0.2, 0.25) is 0 Å². The second-order valence-electron chi connectivity index (χ2n) is 4.32. The van der Waals surface area contributed by atoms with Crippen LogP contribution < -0.4 is 4.74 Å². The predicted molar refractivity (Wildman–Crippen MR) is 76.9 cm³/mol. The first-order valence-electron chi connectivity index (χ1n) is 6.41. The molecule has 2 aromatic rings. The summed E-state index contributed by atoms with van der Waals surface area (Å²) in [6.07, 6.45) is 2.63. The third kappa shape index (κ3) is 2.79. The average Bonchev–Trinajstić information content (AvgIpc) is 2.53. The zero-order valence-corrected chi connectivity index (χ0v) is 11.8. The van der Waals surface area contributed by atoms with Crippen molar-refractivity contribution in [2.45, 2.75) is 13.3 Å². The second-order valence-corrected chi connectivity index (χ2v) is 4.32. The lowest BCUT2D eigenvalue weighted by molar-refractivity contribution is 0.0590. The van der Waals surface area contributed by atoms with E-state index in [1.54, 1.807) is 12.3 Å². The van der Waals surface area contributed by atoms with Gasteiger partial charge in [-0.1, -0.05) is 31.2 Å². The first kappa shape index (κ1) is 14.1. The summed E-state index contributed by atoms with van der Waals surface area (Å²) in [4.78, 5) is 15.7. The number of carbonyl (C=O) groups is 1. The summed E-state index contributed by atoms with van der Waals surface area (Å²) in [5, 5.41) is 0. The maximum atomic E-state index is 11.6. The van der Waals surface area contributed by atoms with Crippen molar-refractivity contribution in [3.8, 4) is 16.9 Å². The SMILES string of the molecule is CCc1cccc(-c2cnc(C(=O)OC)c(OC)c2)c1. The van der Waals surface area contributed by atoms with Gasteiger partial charge in [0.15, 0.2) is 11.4 Å². The fourth-order valence-electron chi connectivity index (χ4n) is 1.98. The number of hydrogen-bond acceptors (Lipinski definition) is 4. The monoisotopic (exact) mass is 271 g/mol. The van der Waals surface area contributed by atoms with Gasteiger partial charge in [0.05, 0.1) is 14.2 Å². The van der Waals surface area contributed by atoms with E-state index in [9.17, 15) is 4.79 Å². The minimum absolute atomic E-state index is 0.186. The zero-order valence-electron chi connectivity index (χ0n) is 11.8. The van der Waals surface area contributed by atoms with E-state index in [4.69, 9.17) is 4.74 Å². The van der Waals surface area contributed by atoms with Crippen LogP contribution in [0.3, 0.4) is 0 Å². The first-order chi connectivity index (χ1) is 9.69. The van der Waals surface area contributed by atoms with Crippen molar-refractivity contribution in [3.63, 3.8) is 0 Å². The molecule has 1 aromatic heterocycles. The molecular weight excluding hydrogens is 254 g/mol. The van der Waals surface area contributed by atoms with Gasteiger partial charge in [-0.2, -0.15) is 0 Å². The summed E-state index contributed by atoms with van der Waals surface area (Å²) in [5.41, 5.74) is 3.39. The molecule has 2 rings (SSSR count). The van der Waals surface area contributed by atoms with Crippen LogP contribution in [0.1, 0.15) is 23.0 Å². The Morgan fingerprint density at radius 2 is 2.00 bits per heavy atom. The number of aromatic nitrogens is 1. The van der Waals surface area contributed by atoms with E-state index in [0.717, 1.165) is 17.5 Å². The average molecular weight is 271 g/mol. The Bertz CT molecular complexity index is 623. The van der Waals surface area contributed by atoms with Crippen LogP contribution in [0.5, 0.6) is 5.75 Å². The lowest BCUT2D eigenvalue weighted by atomic mass is 10.0. The zero-order chi connectivity index (χ0) is 14.5. The van der Waals surface area contributed by atoms with Crippen molar-refractivity contribution in [3.05, 3.63) is 47.8 Å². The lowest BCUT2D eigenvalue weighted by Crippen LogP contribution is -2.06. The predicted octanol–water partition coefficient (Wildman–Crippen LogP) is 3.11. The molecule has 20 heavy (non-hydrogen) atoms. The van der Waals surface area contributed by atoms with Crippen molar-refractivity contribution in [2.24, 2.45) is 0 Å². The molecule has 0 aliphatic rings. The van der Waals surface area contributed by atoms with Crippen LogP contribution >= 0.6 is 0 Å². The number of rotatable bonds is 4. The molecule has 0 radical (unpaired) electrons. The van der Waals surface area contributed by atoms with Gasteiger partial charge in [0.25, 0.3) is 0 Å². The fraction of sp³-hybridized carbons (Fsp3) is 0.250. The number of ether oxygens (including phenoxy) is 2. The molecule has 1 heterocycles. The van der Waals surface area contributed by atoms with Gasteiger partial charge in [-0.05, 0) is 23.6 Å². The van der Waals surface area contributed by atoms with Crippen LogP contribution in [0.2, 0.25) is 0 Å². The Kier molecular flexibility index (Phi) is 4.35. The van der Waals surface area contributed by atoms with Gasteiger partial charge in [0, 0.05) is 11.8 Å². The standard InChI is InChI=1S/C16H17NO3/c1-4-11-6-5-7-12(8-11)13-9-14(19-2)15(17-10-13)16(18)20-3/h5-10H,4H2,1-3H3. The van der Waals surface area contributed by atoms with E-state index in [0.29, 0.717) is 5.75 Å². The Morgan fingerprint density at radius 3 is 2.65 bits per heavy atom. The van der Waals surface area contributed by atoms with Gasteiger partial charge in [-0.3, -0.25) is 0 Å². The van der Waals surface area contributed by atoms with Gasteiger partial charge < -0.3 is 9.47 Å². The van der Waals surface area contributed by atoms with E-state index >= 15 is 0 Å². The molecule has 0 unspecified atom stereocenters. The van der Waals surface area contributed by atoms with Gasteiger partial charge in [-0.15, -0.1) is 0 Å². The largest absolute Gasteiger partial charge is 0.494 e. The summed E-state index contributed by atoms with van der Waals surface area (Å²) in [5.74, 6) is -0.0908. The minimum Gasteiger partial charge on any atom is -0.494 e. The Balaban J connectivity index is 2.45. The van der Waals surface area contributed by atoms with E-state index in [1.807, 2.05) is 12.1 Å². The highest BCUT2D eigenvalue weighted by molar-refractivity contribution is 5.91. The number of carbonyl (C=O) groups excluding carboxylic acids is 1. The molecule has 0 bridgehead atoms. The molecule has 1 aromatic carbocycles. The Labute approximate surface area is 118 Å². The molecular formula is C16H17NO3. The minimum atomic E-state index is -0.504. The number of benzene rings is 1. The summed E-state index contributed by atoms with van der Waals surface area (Å²) in [6.45, 7) is 2.11. The van der Waals surface area contributed by atoms with Gasteiger partial charge in [0.1, 0.15) is 0 Å². The molecule has 0 saturated heterocycles. The summed E-state index contributed by atoms with van der Waals surface area (Å²) in [7, 11) is 2.83. The molecule has 4 nitrogen and oxygen atoms in total. The van der Waals surface area contributed by atoms with Crippen LogP contribution in [-0.2, 0) is 11.2 Å². The van der Waals surface area contributed by atoms with E-state index in [2.05, 4.69) is 28.8 Å². The molecule has 104 valence electrons. The molecule has 0 saturated carbocycles. The summed E-state index contributed by atoms with van der Waals surface area (Å²) >= 11 is 0. The van der Waals surface area contributed by atoms with Crippen molar-refractivity contribution >= 4 is 5.97 Å². The van der Waals surface area contributed by atoms with E-state index < -0.39 is 5.97 Å². The van der Waals surface area contributed by atoms with Crippen LogP contribution in [0.4, 0.5) is 0 Å². The van der Waals surface area contributed by atoms with Gasteiger partial charge in [-0.25, -0.2) is 9.78 Å². The number of methoxy groups -OCH3 is 2. The molecule has 0 aliphatic heterocycles. The Hall–Kier alpha value is -2.36. The first-order valence-corrected chi connectivity index (χ1v) is 6.41. The number of hydrogen-bond donors (Lipinski definition) is 0. The smallest absolute Gasteiger partial charge is 0.360 e. The van der Waals surface area contributed by atoms with Gasteiger partial charge >= 0.3 is 5.97 Å². The summed E-state index contributed by atoms with van der Waals surface area (Å²) < 4.78 is 9.90. The third-order valence-corrected chi connectivity index (χ3v) is 3.12. The number of aryl methyl sites for hydroxylation is 1. The number of pyridine rings is 1. The highest BCUT2D eigenvalue weighted by atomic mass is 16.5. The molecule has 0 fully saturated rings. The highest BCUT2D eigenvalue weighted by Crippen LogP contribution is 2.26. The van der Waals surface area contributed by atoms with Crippen molar-refractivity contribution in [2.75, 3.05) is 14.2 Å². The second kappa shape index (κ2) is 6.19. The van der Waals surface area contributed by atoms with Crippen molar-refractivity contribution in [1.29, 1.82) is 0 Å². The molecule has 0 spiro atoms. The third-order valence-electron chi connectivity index (χ3n) is 3.12. The van der Waals surface area contributed by atoms with Crippen LogP contribution in [-0.4, -0.2) is 25.2 Å². The topological polar surface area (TPSA) is 48.4 Å². The highest BCUT2D eigenvalue weighted by Gasteiger charge is 2.15. The molecule has 0 atom stereocenters. The van der Waals surface area contributed by atoms with Crippen LogP contribution in [0.15, 0.2) is 36.5 Å². The summed E-state index contributed by atoms with van der Waals surface area (Å²) in [6, 6.07) is 10.0.